The molecule has 0 saturated carbocycles. The average Bonchev–Trinajstić information content (AvgIpc) is 3.02. The molecule has 3 aromatic rings. The van der Waals surface area contributed by atoms with E-state index in [0.717, 1.165) is 32.7 Å². The Hall–Kier alpha value is -1.90. The van der Waals surface area contributed by atoms with Crippen LogP contribution in [-0.4, -0.2) is 5.11 Å². The fraction of sp³-hybridized carbons (Fsp3) is 0.111. The highest BCUT2D eigenvalue weighted by Gasteiger charge is 2.44. The van der Waals surface area contributed by atoms with Gasteiger partial charge in [-0.3, -0.25) is 0 Å². The molecule has 4 rings (SSSR count). The molecule has 0 spiro atoms. The van der Waals surface area contributed by atoms with Crippen molar-refractivity contribution in [3.05, 3.63) is 81.5 Å². The third-order valence-corrected chi connectivity index (χ3v) is 5.24. The molecule has 2 heteroatoms. The predicted octanol–water partition coefficient (Wildman–Crippen LogP) is 4.32. The smallest absolute Gasteiger partial charge is 0.151 e. The van der Waals surface area contributed by atoms with E-state index >= 15 is 0 Å². The SMILES string of the molecule is Cc1ccsc1C1(O)c2ccccc2-c2ccccc21. The molecule has 20 heavy (non-hydrogen) atoms. The summed E-state index contributed by atoms with van der Waals surface area (Å²) in [6.45, 7) is 2.06. The molecule has 0 fully saturated rings. The molecule has 0 unspecified atom stereocenters. The second-order valence-electron chi connectivity index (χ2n) is 5.23. The summed E-state index contributed by atoms with van der Waals surface area (Å²) in [5.41, 5.74) is 4.39. The lowest BCUT2D eigenvalue weighted by Crippen LogP contribution is -2.25. The zero-order valence-electron chi connectivity index (χ0n) is 11.1. The largest absolute Gasteiger partial charge is 0.375 e. The molecule has 0 saturated heterocycles. The number of rotatable bonds is 1. The van der Waals surface area contributed by atoms with Crippen molar-refractivity contribution in [2.45, 2.75) is 12.5 Å². The Bertz CT molecular complexity index is 755. The van der Waals surface area contributed by atoms with Gasteiger partial charge in [0.2, 0.25) is 0 Å². The molecule has 0 aliphatic heterocycles. The first-order valence-electron chi connectivity index (χ1n) is 6.69. The molecular weight excluding hydrogens is 264 g/mol. The molecule has 0 atom stereocenters. The number of aliphatic hydroxyl groups is 1. The Morgan fingerprint density at radius 1 is 0.850 bits per heavy atom. The van der Waals surface area contributed by atoms with Crippen LogP contribution in [0.3, 0.4) is 0 Å². The molecule has 1 nitrogen and oxygen atoms in total. The summed E-state index contributed by atoms with van der Waals surface area (Å²) in [6.07, 6.45) is 0. The van der Waals surface area contributed by atoms with Crippen LogP contribution in [0.1, 0.15) is 21.6 Å². The van der Waals surface area contributed by atoms with E-state index in [1.807, 2.05) is 41.8 Å². The number of hydrogen-bond donors (Lipinski definition) is 1. The van der Waals surface area contributed by atoms with Crippen molar-refractivity contribution < 1.29 is 5.11 Å². The second-order valence-corrected chi connectivity index (χ2v) is 6.15. The second kappa shape index (κ2) is 4.05. The van der Waals surface area contributed by atoms with Crippen molar-refractivity contribution in [2.75, 3.05) is 0 Å². The van der Waals surface area contributed by atoms with Crippen LogP contribution >= 0.6 is 11.3 Å². The molecule has 0 amide bonds. The maximum atomic E-state index is 11.5. The van der Waals surface area contributed by atoms with Crippen LogP contribution in [0.2, 0.25) is 0 Å². The van der Waals surface area contributed by atoms with E-state index in [1.54, 1.807) is 11.3 Å². The highest BCUT2D eigenvalue weighted by molar-refractivity contribution is 7.10. The van der Waals surface area contributed by atoms with Crippen molar-refractivity contribution in [3.63, 3.8) is 0 Å². The van der Waals surface area contributed by atoms with Crippen molar-refractivity contribution in [1.82, 2.24) is 0 Å². The van der Waals surface area contributed by atoms with E-state index in [0.29, 0.717) is 0 Å². The maximum absolute atomic E-state index is 11.5. The van der Waals surface area contributed by atoms with Gasteiger partial charge in [0.15, 0.2) is 5.60 Å². The fourth-order valence-corrected chi connectivity index (χ4v) is 4.25. The summed E-state index contributed by atoms with van der Waals surface area (Å²) in [4.78, 5) is 1.02. The van der Waals surface area contributed by atoms with Crippen molar-refractivity contribution in [2.24, 2.45) is 0 Å². The number of hydrogen-bond acceptors (Lipinski definition) is 2. The van der Waals surface area contributed by atoms with Gasteiger partial charge in [0, 0.05) is 16.0 Å². The van der Waals surface area contributed by atoms with Crippen molar-refractivity contribution in [3.8, 4) is 11.1 Å². The minimum Gasteiger partial charge on any atom is -0.375 e. The number of fused-ring (bicyclic) bond motifs is 3. The molecule has 98 valence electrons. The molecule has 1 aliphatic rings. The summed E-state index contributed by atoms with van der Waals surface area (Å²) >= 11 is 1.62. The summed E-state index contributed by atoms with van der Waals surface area (Å²) in [5, 5.41) is 13.6. The number of benzene rings is 2. The van der Waals surface area contributed by atoms with Gasteiger partial charge < -0.3 is 5.11 Å². The molecule has 1 heterocycles. The Labute approximate surface area is 122 Å². The van der Waals surface area contributed by atoms with Crippen LogP contribution in [-0.2, 0) is 5.60 Å². The van der Waals surface area contributed by atoms with E-state index in [9.17, 15) is 5.11 Å². The Morgan fingerprint density at radius 2 is 1.40 bits per heavy atom. The molecule has 0 bridgehead atoms. The Kier molecular flexibility index (Phi) is 2.40. The zero-order chi connectivity index (χ0) is 13.7. The molecule has 1 N–H and O–H groups in total. The highest BCUT2D eigenvalue weighted by atomic mass is 32.1. The molecule has 1 aromatic heterocycles. The quantitative estimate of drug-likeness (QED) is 0.703. The van der Waals surface area contributed by atoms with E-state index in [4.69, 9.17) is 0 Å². The van der Waals surface area contributed by atoms with Gasteiger partial charge >= 0.3 is 0 Å². The average molecular weight is 278 g/mol. The van der Waals surface area contributed by atoms with E-state index in [1.165, 1.54) is 0 Å². The van der Waals surface area contributed by atoms with Gasteiger partial charge in [-0.15, -0.1) is 11.3 Å². The van der Waals surface area contributed by atoms with Crippen molar-refractivity contribution in [1.29, 1.82) is 0 Å². The van der Waals surface area contributed by atoms with Crippen LogP contribution in [0.4, 0.5) is 0 Å². The first kappa shape index (κ1) is 11.9. The van der Waals surface area contributed by atoms with Crippen LogP contribution in [0, 0.1) is 6.92 Å². The van der Waals surface area contributed by atoms with E-state index in [-0.39, 0.29) is 0 Å². The lowest BCUT2D eigenvalue weighted by atomic mass is 9.88. The summed E-state index contributed by atoms with van der Waals surface area (Å²) in [7, 11) is 0. The third kappa shape index (κ3) is 1.35. The predicted molar refractivity (Wildman–Crippen MR) is 83.0 cm³/mol. The fourth-order valence-electron chi connectivity index (χ4n) is 3.20. The van der Waals surface area contributed by atoms with Crippen LogP contribution < -0.4 is 0 Å². The van der Waals surface area contributed by atoms with Crippen LogP contribution in [0.25, 0.3) is 11.1 Å². The van der Waals surface area contributed by atoms with E-state index in [2.05, 4.69) is 25.1 Å². The molecular formula is C18H14OS. The first-order chi connectivity index (χ1) is 9.73. The van der Waals surface area contributed by atoms with Crippen LogP contribution in [0.5, 0.6) is 0 Å². The van der Waals surface area contributed by atoms with E-state index < -0.39 is 5.60 Å². The topological polar surface area (TPSA) is 20.2 Å². The first-order valence-corrected chi connectivity index (χ1v) is 7.57. The monoisotopic (exact) mass is 278 g/mol. The molecule has 2 aromatic carbocycles. The summed E-state index contributed by atoms with van der Waals surface area (Å²) in [6, 6.07) is 18.4. The third-order valence-electron chi connectivity index (χ3n) is 4.11. The lowest BCUT2D eigenvalue weighted by Gasteiger charge is -2.25. The highest BCUT2D eigenvalue weighted by Crippen LogP contribution is 2.52. The lowest BCUT2D eigenvalue weighted by molar-refractivity contribution is 0.134. The van der Waals surface area contributed by atoms with Gasteiger partial charge in [-0.05, 0) is 35.1 Å². The van der Waals surface area contributed by atoms with Gasteiger partial charge in [0.25, 0.3) is 0 Å². The van der Waals surface area contributed by atoms with Gasteiger partial charge in [-0.1, -0.05) is 48.5 Å². The van der Waals surface area contributed by atoms with Crippen molar-refractivity contribution >= 4 is 11.3 Å². The Morgan fingerprint density at radius 3 is 1.90 bits per heavy atom. The molecule has 1 aliphatic carbocycles. The number of aryl methyl sites for hydroxylation is 1. The van der Waals surface area contributed by atoms with Gasteiger partial charge in [0.05, 0.1) is 0 Å². The zero-order valence-corrected chi connectivity index (χ0v) is 11.9. The van der Waals surface area contributed by atoms with Gasteiger partial charge in [-0.2, -0.15) is 0 Å². The standard InChI is InChI=1S/C18H14OS/c1-12-10-11-20-17(12)18(19)15-8-4-2-6-13(15)14-7-3-5-9-16(14)18/h2-11,19H,1H3. The number of thiophene rings is 1. The van der Waals surface area contributed by atoms with Gasteiger partial charge in [-0.25, -0.2) is 0 Å². The maximum Gasteiger partial charge on any atom is 0.151 e. The summed E-state index contributed by atoms with van der Waals surface area (Å²) in [5.74, 6) is 0. The normalized spacial score (nSPS) is 14.9. The van der Waals surface area contributed by atoms with Crippen LogP contribution in [0.15, 0.2) is 60.0 Å². The minimum atomic E-state index is -1.01. The Balaban J connectivity index is 2.13. The summed E-state index contributed by atoms with van der Waals surface area (Å²) < 4.78 is 0. The minimum absolute atomic E-state index is 0.992. The molecule has 0 radical (unpaired) electrons. The van der Waals surface area contributed by atoms with Gasteiger partial charge in [0.1, 0.15) is 0 Å².